The largest absolute Gasteiger partial charge is 0.484 e. The monoisotopic (exact) mass is 380 g/mol. The Kier molecular flexibility index (Phi) is 5.24. The van der Waals surface area contributed by atoms with Crippen LogP contribution in [0.4, 0.5) is 0 Å². The first-order valence-electron chi connectivity index (χ1n) is 9.03. The molecule has 1 amide bonds. The number of aliphatic hydroxyl groups excluding tert-OH is 1. The summed E-state index contributed by atoms with van der Waals surface area (Å²) in [5.41, 5.74) is 1.52. The lowest BCUT2D eigenvalue weighted by atomic mass is 9.76. The number of nitrogens with one attached hydrogen (secondary N) is 1. The molecule has 0 saturated heterocycles. The van der Waals surface area contributed by atoms with Crippen LogP contribution >= 0.6 is 0 Å². The van der Waals surface area contributed by atoms with Crippen LogP contribution in [0.25, 0.3) is 5.69 Å². The van der Waals surface area contributed by atoms with Crippen LogP contribution in [0.5, 0.6) is 5.75 Å². The standard InChI is InChI=1S/C19H20N6O3/c26-15-8-13(9-15)19(17-6-1-2-7-20-17)22-18(27)11-28-16-5-3-4-14(10-16)25-12-21-23-24-25/h1-7,10,12-13,15,19,26H,8-9,11H2,(H,22,27)/t13?,15?,19-/m1/s1. The predicted octanol–water partition coefficient (Wildman–Crippen LogP) is 1.06. The number of aromatic nitrogens is 5. The van der Waals surface area contributed by atoms with Gasteiger partial charge in [0.05, 0.1) is 23.5 Å². The van der Waals surface area contributed by atoms with E-state index < -0.39 is 0 Å². The highest BCUT2D eigenvalue weighted by Gasteiger charge is 2.36. The second-order valence-corrected chi connectivity index (χ2v) is 6.73. The summed E-state index contributed by atoms with van der Waals surface area (Å²) in [4.78, 5) is 16.8. The first kappa shape index (κ1) is 18.1. The molecule has 0 unspecified atom stereocenters. The van der Waals surface area contributed by atoms with Gasteiger partial charge in [-0.25, -0.2) is 4.68 Å². The average molecular weight is 380 g/mol. The molecule has 9 heteroatoms. The Labute approximate surface area is 161 Å². The second-order valence-electron chi connectivity index (χ2n) is 6.73. The maximum atomic E-state index is 12.5. The molecule has 2 N–H and O–H groups in total. The van der Waals surface area contributed by atoms with Gasteiger partial charge in [-0.3, -0.25) is 9.78 Å². The smallest absolute Gasteiger partial charge is 0.258 e. The Hall–Kier alpha value is -3.33. The number of aliphatic hydroxyl groups is 1. The lowest BCUT2D eigenvalue weighted by Crippen LogP contribution is -2.43. The molecule has 0 bridgehead atoms. The predicted molar refractivity (Wildman–Crippen MR) is 98.5 cm³/mol. The third-order valence-electron chi connectivity index (χ3n) is 4.75. The summed E-state index contributed by atoms with van der Waals surface area (Å²) < 4.78 is 7.14. The Morgan fingerprint density at radius 1 is 1.29 bits per heavy atom. The molecule has 9 nitrogen and oxygen atoms in total. The molecule has 28 heavy (non-hydrogen) atoms. The van der Waals surface area contributed by atoms with Gasteiger partial charge in [-0.1, -0.05) is 12.1 Å². The molecule has 4 rings (SSSR count). The number of nitrogens with zero attached hydrogens (tertiary/aromatic N) is 5. The molecule has 1 saturated carbocycles. The van der Waals surface area contributed by atoms with Crippen LogP contribution in [0, 0.1) is 5.92 Å². The van der Waals surface area contributed by atoms with E-state index in [2.05, 4.69) is 25.8 Å². The van der Waals surface area contributed by atoms with Crippen molar-refractivity contribution < 1.29 is 14.6 Å². The first-order chi connectivity index (χ1) is 13.7. The van der Waals surface area contributed by atoms with Crippen molar-refractivity contribution >= 4 is 5.91 Å². The van der Waals surface area contributed by atoms with Crippen LogP contribution in [0.3, 0.4) is 0 Å². The lowest BCUT2D eigenvalue weighted by Gasteiger charge is -2.37. The Morgan fingerprint density at radius 3 is 2.89 bits per heavy atom. The number of ether oxygens (including phenoxy) is 1. The molecule has 1 aromatic carbocycles. The number of benzene rings is 1. The molecule has 1 aliphatic carbocycles. The molecule has 0 spiro atoms. The zero-order chi connectivity index (χ0) is 19.3. The summed E-state index contributed by atoms with van der Waals surface area (Å²) in [6, 6.07) is 12.5. The Bertz CT molecular complexity index is 912. The summed E-state index contributed by atoms with van der Waals surface area (Å²) in [5.74, 6) is 0.457. The van der Waals surface area contributed by atoms with Crippen molar-refractivity contribution in [1.29, 1.82) is 0 Å². The van der Waals surface area contributed by atoms with Gasteiger partial charge in [-0.15, -0.1) is 5.10 Å². The van der Waals surface area contributed by atoms with E-state index in [4.69, 9.17) is 4.74 Å². The highest BCUT2D eigenvalue weighted by Crippen LogP contribution is 2.37. The minimum Gasteiger partial charge on any atom is -0.484 e. The van der Waals surface area contributed by atoms with E-state index in [1.807, 2.05) is 24.3 Å². The summed E-state index contributed by atoms with van der Waals surface area (Å²) >= 11 is 0. The van der Waals surface area contributed by atoms with Crippen molar-refractivity contribution in [2.24, 2.45) is 5.92 Å². The van der Waals surface area contributed by atoms with Crippen LogP contribution in [-0.4, -0.2) is 48.9 Å². The molecule has 2 aromatic heterocycles. The summed E-state index contributed by atoms with van der Waals surface area (Å²) in [6.07, 6.45) is 4.17. The number of rotatable bonds is 7. The Morgan fingerprint density at radius 2 is 2.18 bits per heavy atom. The normalized spacial score (nSPS) is 19.5. The molecule has 2 heterocycles. The minimum atomic E-state index is -0.307. The summed E-state index contributed by atoms with van der Waals surface area (Å²) in [5, 5.41) is 23.7. The molecular formula is C19H20N6O3. The second kappa shape index (κ2) is 8.13. The van der Waals surface area contributed by atoms with Gasteiger partial charge in [-0.2, -0.15) is 0 Å². The van der Waals surface area contributed by atoms with Crippen molar-refractivity contribution in [1.82, 2.24) is 30.5 Å². The molecule has 1 atom stereocenters. The maximum absolute atomic E-state index is 12.5. The summed E-state index contributed by atoms with van der Waals surface area (Å²) in [7, 11) is 0. The SMILES string of the molecule is O=C(COc1cccc(-n2cnnn2)c1)N[C@@H](c1ccccn1)C1CC(O)C1. The number of amides is 1. The zero-order valence-corrected chi connectivity index (χ0v) is 15.0. The van der Waals surface area contributed by atoms with E-state index >= 15 is 0 Å². The van der Waals surface area contributed by atoms with Crippen molar-refractivity contribution in [3.63, 3.8) is 0 Å². The van der Waals surface area contributed by atoms with E-state index in [9.17, 15) is 9.90 Å². The van der Waals surface area contributed by atoms with Gasteiger partial charge in [-0.05, 0) is 53.5 Å². The maximum Gasteiger partial charge on any atom is 0.258 e. The third kappa shape index (κ3) is 4.15. The van der Waals surface area contributed by atoms with Crippen LogP contribution < -0.4 is 10.1 Å². The van der Waals surface area contributed by atoms with Crippen LogP contribution in [0.1, 0.15) is 24.6 Å². The zero-order valence-electron chi connectivity index (χ0n) is 15.0. The van der Waals surface area contributed by atoms with Gasteiger partial charge in [0.2, 0.25) is 0 Å². The quantitative estimate of drug-likeness (QED) is 0.630. The average Bonchev–Trinajstić information content (AvgIpc) is 3.24. The molecule has 0 radical (unpaired) electrons. The van der Waals surface area contributed by atoms with Gasteiger partial charge in [0.15, 0.2) is 6.61 Å². The van der Waals surface area contributed by atoms with E-state index in [1.165, 1.54) is 11.0 Å². The van der Waals surface area contributed by atoms with Gasteiger partial charge in [0, 0.05) is 12.3 Å². The minimum absolute atomic E-state index is 0.127. The number of carbonyl (C=O) groups is 1. The number of hydrogen-bond acceptors (Lipinski definition) is 7. The fourth-order valence-corrected chi connectivity index (χ4v) is 3.25. The van der Waals surface area contributed by atoms with Crippen molar-refractivity contribution in [2.75, 3.05) is 6.61 Å². The number of pyridine rings is 1. The van der Waals surface area contributed by atoms with E-state index in [0.717, 1.165) is 11.4 Å². The molecular weight excluding hydrogens is 360 g/mol. The van der Waals surface area contributed by atoms with E-state index in [-0.39, 0.29) is 30.6 Å². The van der Waals surface area contributed by atoms with Crippen molar-refractivity contribution in [2.45, 2.75) is 25.0 Å². The highest BCUT2D eigenvalue weighted by molar-refractivity contribution is 5.78. The van der Waals surface area contributed by atoms with Gasteiger partial charge in [0.1, 0.15) is 12.1 Å². The fourth-order valence-electron chi connectivity index (χ4n) is 3.25. The number of hydrogen-bond donors (Lipinski definition) is 2. The number of tetrazole rings is 1. The molecule has 1 fully saturated rings. The molecule has 0 aliphatic heterocycles. The topological polar surface area (TPSA) is 115 Å². The van der Waals surface area contributed by atoms with E-state index in [0.29, 0.717) is 18.6 Å². The van der Waals surface area contributed by atoms with Crippen molar-refractivity contribution in [3.8, 4) is 11.4 Å². The third-order valence-corrected chi connectivity index (χ3v) is 4.75. The van der Waals surface area contributed by atoms with Crippen molar-refractivity contribution in [3.05, 3.63) is 60.7 Å². The number of carbonyl (C=O) groups excluding carboxylic acids is 1. The highest BCUT2D eigenvalue weighted by atomic mass is 16.5. The molecule has 3 aromatic rings. The molecule has 1 aliphatic rings. The first-order valence-corrected chi connectivity index (χ1v) is 9.03. The van der Waals surface area contributed by atoms with Gasteiger partial charge < -0.3 is 15.2 Å². The lowest BCUT2D eigenvalue weighted by molar-refractivity contribution is -0.125. The van der Waals surface area contributed by atoms with E-state index in [1.54, 1.807) is 24.4 Å². The molecule has 144 valence electrons. The van der Waals surface area contributed by atoms with Crippen LogP contribution in [0.2, 0.25) is 0 Å². The van der Waals surface area contributed by atoms with Crippen LogP contribution in [0.15, 0.2) is 55.0 Å². The Balaban J connectivity index is 1.38. The van der Waals surface area contributed by atoms with Crippen LogP contribution in [-0.2, 0) is 4.79 Å². The van der Waals surface area contributed by atoms with Gasteiger partial charge >= 0.3 is 0 Å². The fraction of sp³-hybridized carbons (Fsp3) is 0.316. The summed E-state index contributed by atoms with van der Waals surface area (Å²) in [6.45, 7) is -0.127. The van der Waals surface area contributed by atoms with Gasteiger partial charge in [0.25, 0.3) is 5.91 Å².